The van der Waals surface area contributed by atoms with Gasteiger partial charge < -0.3 is 4.90 Å². The Hall–Kier alpha value is -1.65. The maximum absolute atomic E-state index is 11.7. The van der Waals surface area contributed by atoms with Crippen LogP contribution in [0.25, 0.3) is 0 Å². The largest absolute Gasteiger partial charge is 0.349 e. The van der Waals surface area contributed by atoms with Crippen molar-refractivity contribution in [3.63, 3.8) is 0 Å². The van der Waals surface area contributed by atoms with E-state index in [4.69, 9.17) is 0 Å². The SMILES string of the molecule is Cc1ccc(CN2CCC(Cc3ccc(CCC(=O)N(C)C)cc3)CC2)s1. The third kappa shape index (κ3) is 6.18. The van der Waals surface area contributed by atoms with Gasteiger partial charge in [0.2, 0.25) is 5.91 Å². The van der Waals surface area contributed by atoms with Crippen molar-refractivity contribution in [3.05, 3.63) is 57.3 Å². The second kappa shape index (κ2) is 9.52. The van der Waals surface area contributed by atoms with Crippen LogP contribution in [0.2, 0.25) is 0 Å². The Balaban J connectivity index is 1.41. The fourth-order valence-electron chi connectivity index (χ4n) is 3.79. The van der Waals surface area contributed by atoms with E-state index in [-0.39, 0.29) is 5.91 Å². The summed E-state index contributed by atoms with van der Waals surface area (Å²) in [5.74, 6) is 0.996. The van der Waals surface area contributed by atoms with Crippen molar-refractivity contribution in [3.8, 4) is 0 Å². The van der Waals surface area contributed by atoms with E-state index in [9.17, 15) is 4.79 Å². The summed E-state index contributed by atoms with van der Waals surface area (Å²) in [6, 6.07) is 13.4. The van der Waals surface area contributed by atoms with Crippen LogP contribution >= 0.6 is 11.3 Å². The monoisotopic (exact) mass is 384 g/mol. The van der Waals surface area contributed by atoms with Crippen LogP contribution in [0.4, 0.5) is 0 Å². The Morgan fingerprint density at radius 2 is 1.74 bits per heavy atom. The Morgan fingerprint density at radius 3 is 2.33 bits per heavy atom. The molecule has 1 aromatic heterocycles. The van der Waals surface area contributed by atoms with Gasteiger partial charge >= 0.3 is 0 Å². The number of carbonyl (C=O) groups excluding carboxylic acids is 1. The summed E-state index contributed by atoms with van der Waals surface area (Å²) < 4.78 is 0. The number of aryl methyl sites for hydroxylation is 2. The second-order valence-electron chi connectivity index (χ2n) is 8.04. The van der Waals surface area contributed by atoms with Crippen LogP contribution in [-0.2, 0) is 24.2 Å². The highest BCUT2D eigenvalue weighted by molar-refractivity contribution is 7.11. The molecule has 0 N–H and O–H groups in total. The van der Waals surface area contributed by atoms with Gasteiger partial charge in [0.05, 0.1) is 0 Å². The number of thiophene rings is 1. The van der Waals surface area contributed by atoms with E-state index in [0.29, 0.717) is 6.42 Å². The Morgan fingerprint density at radius 1 is 1.07 bits per heavy atom. The molecular weight excluding hydrogens is 352 g/mol. The first kappa shape index (κ1) is 20.1. The molecule has 1 aromatic carbocycles. The highest BCUT2D eigenvalue weighted by atomic mass is 32.1. The second-order valence-corrected chi connectivity index (χ2v) is 9.41. The van der Waals surface area contributed by atoms with Crippen LogP contribution in [0.5, 0.6) is 0 Å². The third-order valence-electron chi connectivity index (χ3n) is 5.56. The topological polar surface area (TPSA) is 23.6 Å². The molecule has 3 rings (SSSR count). The summed E-state index contributed by atoms with van der Waals surface area (Å²) in [5, 5.41) is 0. The molecule has 1 aliphatic rings. The van der Waals surface area contributed by atoms with Gasteiger partial charge in [0.1, 0.15) is 0 Å². The van der Waals surface area contributed by atoms with Gasteiger partial charge in [-0.25, -0.2) is 0 Å². The van der Waals surface area contributed by atoms with Crippen molar-refractivity contribution in [2.45, 2.75) is 45.6 Å². The molecule has 4 heteroatoms. The molecule has 1 aliphatic heterocycles. The zero-order chi connectivity index (χ0) is 19.2. The van der Waals surface area contributed by atoms with Crippen molar-refractivity contribution >= 4 is 17.2 Å². The maximum Gasteiger partial charge on any atom is 0.222 e. The van der Waals surface area contributed by atoms with Crippen LogP contribution in [0.1, 0.15) is 40.1 Å². The lowest BCUT2D eigenvalue weighted by Gasteiger charge is -2.31. The van der Waals surface area contributed by atoms with Crippen molar-refractivity contribution in [1.82, 2.24) is 9.80 Å². The van der Waals surface area contributed by atoms with Gasteiger partial charge in [-0.1, -0.05) is 24.3 Å². The number of piperidine rings is 1. The first-order valence-electron chi connectivity index (χ1n) is 10.1. The molecule has 0 radical (unpaired) electrons. The van der Waals surface area contributed by atoms with E-state index in [1.165, 1.54) is 53.2 Å². The van der Waals surface area contributed by atoms with E-state index in [2.05, 4.69) is 48.2 Å². The van der Waals surface area contributed by atoms with Crippen molar-refractivity contribution in [2.24, 2.45) is 5.92 Å². The highest BCUT2D eigenvalue weighted by Gasteiger charge is 2.20. The van der Waals surface area contributed by atoms with Gasteiger partial charge in [-0.15, -0.1) is 11.3 Å². The normalized spacial score (nSPS) is 15.8. The summed E-state index contributed by atoms with van der Waals surface area (Å²) in [4.78, 5) is 18.9. The van der Waals surface area contributed by atoms with Crippen LogP contribution in [0.15, 0.2) is 36.4 Å². The molecule has 0 spiro atoms. The molecule has 27 heavy (non-hydrogen) atoms. The van der Waals surface area contributed by atoms with Gasteiger partial charge in [0.25, 0.3) is 0 Å². The molecule has 1 amide bonds. The minimum atomic E-state index is 0.198. The average Bonchev–Trinajstić information content (AvgIpc) is 3.07. The number of likely N-dealkylation sites (tertiary alicyclic amines) is 1. The van der Waals surface area contributed by atoms with Gasteiger partial charge in [0.15, 0.2) is 0 Å². The lowest BCUT2D eigenvalue weighted by atomic mass is 9.89. The number of benzene rings is 1. The van der Waals surface area contributed by atoms with E-state index in [1.54, 1.807) is 4.90 Å². The lowest BCUT2D eigenvalue weighted by Crippen LogP contribution is -2.33. The summed E-state index contributed by atoms with van der Waals surface area (Å²) >= 11 is 1.93. The van der Waals surface area contributed by atoms with Crippen molar-refractivity contribution in [1.29, 1.82) is 0 Å². The van der Waals surface area contributed by atoms with E-state index >= 15 is 0 Å². The molecule has 0 atom stereocenters. The van der Waals surface area contributed by atoms with E-state index in [0.717, 1.165) is 18.9 Å². The third-order valence-corrected chi connectivity index (χ3v) is 6.54. The predicted octanol–water partition coefficient (Wildman–Crippen LogP) is 4.53. The molecule has 0 unspecified atom stereocenters. The number of nitrogens with zero attached hydrogens (tertiary/aromatic N) is 2. The molecule has 2 aromatic rings. The average molecular weight is 385 g/mol. The smallest absolute Gasteiger partial charge is 0.222 e. The number of amides is 1. The van der Waals surface area contributed by atoms with Crippen LogP contribution in [0, 0.1) is 12.8 Å². The minimum absolute atomic E-state index is 0.198. The summed E-state index contributed by atoms with van der Waals surface area (Å²) in [6.45, 7) is 5.73. The first-order valence-corrected chi connectivity index (χ1v) is 10.9. The van der Waals surface area contributed by atoms with Crippen LogP contribution in [-0.4, -0.2) is 42.9 Å². The predicted molar refractivity (Wildman–Crippen MR) is 114 cm³/mol. The quantitative estimate of drug-likeness (QED) is 0.700. The summed E-state index contributed by atoms with van der Waals surface area (Å²) in [6.07, 6.45) is 5.20. The number of rotatable bonds is 7. The van der Waals surface area contributed by atoms with Gasteiger partial charge in [-0.3, -0.25) is 9.69 Å². The zero-order valence-corrected chi connectivity index (χ0v) is 17.7. The minimum Gasteiger partial charge on any atom is -0.349 e. The fraction of sp³-hybridized carbons (Fsp3) is 0.522. The summed E-state index contributed by atoms with van der Waals surface area (Å²) in [7, 11) is 3.64. The maximum atomic E-state index is 11.7. The lowest BCUT2D eigenvalue weighted by molar-refractivity contribution is -0.128. The number of hydrogen-bond donors (Lipinski definition) is 0. The number of hydrogen-bond acceptors (Lipinski definition) is 3. The van der Waals surface area contributed by atoms with Crippen molar-refractivity contribution < 1.29 is 4.79 Å². The van der Waals surface area contributed by atoms with Crippen LogP contribution < -0.4 is 0 Å². The molecule has 0 aliphatic carbocycles. The Bertz CT molecular complexity index is 727. The van der Waals surface area contributed by atoms with Gasteiger partial charge in [-0.05, 0) is 74.9 Å². The van der Waals surface area contributed by atoms with Gasteiger partial charge in [0, 0.05) is 36.8 Å². The van der Waals surface area contributed by atoms with Crippen LogP contribution in [0.3, 0.4) is 0 Å². The standard InChI is InChI=1S/C23H32N2OS/c1-18-4-10-22(27-18)17-25-14-12-21(13-15-25)16-20-7-5-19(6-8-20)9-11-23(26)24(2)3/h4-8,10,21H,9,11-17H2,1-3H3. The molecule has 1 fully saturated rings. The molecule has 3 nitrogen and oxygen atoms in total. The molecule has 146 valence electrons. The molecule has 2 heterocycles. The van der Waals surface area contributed by atoms with Gasteiger partial charge in [-0.2, -0.15) is 0 Å². The fourth-order valence-corrected chi connectivity index (χ4v) is 4.72. The van der Waals surface area contributed by atoms with E-state index < -0.39 is 0 Å². The number of carbonyl (C=O) groups is 1. The Kier molecular flexibility index (Phi) is 7.08. The molecular formula is C23H32N2OS. The van der Waals surface area contributed by atoms with E-state index in [1.807, 2.05) is 25.4 Å². The highest BCUT2D eigenvalue weighted by Crippen LogP contribution is 2.25. The zero-order valence-electron chi connectivity index (χ0n) is 16.9. The molecule has 0 saturated carbocycles. The Labute approximate surface area is 168 Å². The summed E-state index contributed by atoms with van der Waals surface area (Å²) in [5.41, 5.74) is 2.69. The van der Waals surface area contributed by atoms with Crippen molar-refractivity contribution in [2.75, 3.05) is 27.2 Å². The molecule has 1 saturated heterocycles. The molecule has 0 bridgehead atoms. The first-order chi connectivity index (χ1) is 13.0.